The molecular weight excluding hydrogens is 272 g/mol. The highest BCUT2D eigenvalue weighted by molar-refractivity contribution is 6.00. The predicted octanol–water partition coefficient (Wildman–Crippen LogP) is 2.54. The number of nitro groups is 1. The molecule has 1 atom stereocenters. The molecule has 1 aliphatic heterocycles. The maximum atomic E-state index is 11.8. The molecule has 0 aromatic heterocycles. The second kappa shape index (κ2) is 6.67. The Balaban J connectivity index is 2.33. The van der Waals surface area contributed by atoms with Gasteiger partial charge in [-0.05, 0) is 38.7 Å². The van der Waals surface area contributed by atoms with Crippen molar-refractivity contribution in [1.29, 1.82) is 0 Å². The molecule has 6 nitrogen and oxygen atoms in total. The molecule has 1 aromatic carbocycles. The molecule has 6 heteroatoms. The monoisotopic (exact) mass is 292 g/mol. The summed E-state index contributed by atoms with van der Waals surface area (Å²) in [6.45, 7) is 2.43. The number of ketones is 1. The first-order chi connectivity index (χ1) is 10.0. The normalized spacial score (nSPS) is 18.0. The number of hydrogen-bond acceptors (Lipinski definition) is 5. The van der Waals surface area contributed by atoms with Crippen molar-refractivity contribution in [3.05, 3.63) is 33.9 Å². The number of carbonyl (C=O) groups excluding carboxylic acids is 1. The van der Waals surface area contributed by atoms with Gasteiger partial charge in [-0.2, -0.15) is 0 Å². The van der Waals surface area contributed by atoms with E-state index < -0.39 is 4.92 Å². The minimum absolute atomic E-state index is 0.0601. The molecule has 1 unspecified atom stereocenters. The Hall–Kier alpha value is -1.95. The molecule has 0 amide bonds. The molecule has 0 radical (unpaired) electrons. The molecule has 1 N–H and O–H groups in total. The molecule has 0 saturated carbocycles. The van der Waals surface area contributed by atoms with Crippen molar-refractivity contribution in [2.45, 2.75) is 38.6 Å². The highest BCUT2D eigenvalue weighted by atomic mass is 16.6. The van der Waals surface area contributed by atoms with Crippen LogP contribution in [0.15, 0.2) is 18.2 Å². The molecular formula is C15H20N2O4. The number of aliphatic hydroxyl groups excluding tert-OH is 1. The number of aliphatic hydroxyl groups is 1. The second-order valence-corrected chi connectivity index (χ2v) is 5.37. The zero-order valence-electron chi connectivity index (χ0n) is 12.1. The first kappa shape index (κ1) is 15.4. The third kappa shape index (κ3) is 3.39. The number of rotatable bonds is 6. The topological polar surface area (TPSA) is 83.7 Å². The summed E-state index contributed by atoms with van der Waals surface area (Å²) in [5, 5.41) is 19.8. The molecule has 0 spiro atoms. The van der Waals surface area contributed by atoms with Crippen molar-refractivity contribution in [3.8, 4) is 0 Å². The molecule has 0 bridgehead atoms. The van der Waals surface area contributed by atoms with E-state index in [1.807, 2.05) is 0 Å². The van der Waals surface area contributed by atoms with Gasteiger partial charge in [-0.1, -0.05) is 0 Å². The summed E-state index contributed by atoms with van der Waals surface area (Å²) >= 11 is 0. The first-order valence-electron chi connectivity index (χ1n) is 7.21. The van der Waals surface area contributed by atoms with Crippen LogP contribution in [0.1, 0.15) is 43.0 Å². The van der Waals surface area contributed by atoms with Gasteiger partial charge in [0.1, 0.15) is 0 Å². The Kier molecular flexibility index (Phi) is 4.90. The SMILES string of the molecule is CC(=O)c1cc([N+](=O)[O-])ccc1N1CCCC1CCCO. The van der Waals surface area contributed by atoms with Crippen LogP contribution in [0.2, 0.25) is 0 Å². The maximum Gasteiger partial charge on any atom is 0.270 e. The van der Waals surface area contributed by atoms with E-state index in [-0.39, 0.29) is 24.1 Å². The van der Waals surface area contributed by atoms with Gasteiger partial charge in [-0.25, -0.2) is 0 Å². The Morgan fingerprint density at radius 1 is 1.52 bits per heavy atom. The molecule has 114 valence electrons. The first-order valence-corrected chi connectivity index (χ1v) is 7.21. The van der Waals surface area contributed by atoms with Crippen LogP contribution < -0.4 is 4.90 Å². The van der Waals surface area contributed by atoms with Gasteiger partial charge < -0.3 is 10.0 Å². The van der Waals surface area contributed by atoms with Crippen molar-refractivity contribution in [3.63, 3.8) is 0 Å². The Labute approximate surface area is 123 Å². The van der Waals surface area contributed by atoms with Crippen LogP contribution in [0.3, 0.4) is 0 Å². The average Bonchev–Trinajstić information content (AvgIpc) is 2.92. The number of nitro benzene ring substituents is 1. The van der Waals surface area contributed by atoms with E-state index in [2.05, 4.69) is 4.90 Å². The van der Waals surface area contributed by atoms with Gasteiger partial charge in [0.2, 0.25) is 0 Å². The number of carbonyl (C=O) groups is 1. The lowest BCUT2D eigenvalue weighted by atomic mass is 10.0. The maximum absolute atomic E-state index is 11.8. The van der Waals surface area contributed by atoms with Crippen molar-refractivity contribution >= 4 is 17.2 Å². The minimum Gasteiger partial charge on any atom is -0.396 e. The van der Waals surface area contributed by atoms with E-state index in [0.29, 0.717) is 5.56 Å². The van der Waals surface area contributed by atoms with Crippen LogP contribution in [0, 0.1) is 10.1 Å². The Bertz CT molecular complexity index is 544. The molecule has 0 aliphatic carbocycles. The highest BCUT2D eigenvalue weighted by Crippen LogP contribution is 2.33. The fraction of sp³-hybridized carbons (Fsp3) is 0.533. The smallest absolute Gasteiger partial charge is 0.270 e. The summed E-state index contributed by atoms with van der Waals surface area (Å²) in [4.78, 5) is 24.4. The predicted molar refractivity (Wildman–Crippen MR) is 79.8 cm³/mol. The van der Waals surface area contributed by atoms with E-state index in [1.165, 1.54) is 19.1 Å². The summed E-state index contributed by atoms with van der Waals surface area (Å²) in [7, 11) is 0. The standard InChI is InChI=1S/C15H20N2O4/c1-11(19)14-10-13(17(20)21)6-7-15(14)16-8-2-4-12(16)5-3-9-18/h6-7,10,12,18H,2-5,8-9H2,1H3. The minimum atomic E-state index is -0.483. The second-order valence-electron chi connectivity index (χ2n) is 5.37. The molecule has 1 aliphatic rings. The molecule has 1 fully saturated rings. The molecule has 1 aromatic rings. The molecule has 2 rings (SSSR count). The number of hydrogen-bond donors (Lipinski definition) is 1. The van der Waals surface area contributed by atoms with Gasteiger partial charge in [0.15, 0.2) is 5.78 Å². The number of Topliss-reactive ketones (excluding diaryl/α,β-unsaturated/α-hetero) is 1. The van der Waals surface area contributed by atoms with Crippen molar-refractivity contribution in [1.82, 2.24) is 0 Å². The van der Waals surface area contributed by atoms with E-state index in [4.69, 9.17) is 5.11 Å². The Morgan fingerprint density at radius 3 is 2.90 bits per heavy atom. The number of non-ortho nitro benzene ring substituents is 1. The van der Waals surface area contributed by atoms with Crippen LogP contribution in [0.5, 0.6) is 0 Å². The van der Waals surface area contributed by atoms with Gasteiger partial charge in [0, 0.05) is 42.6 Å². The van der Waals surface area contributed by atoms with Gasteiger partial charge in [-0.3, -0.25) is 14.9 Å². The van der Waals surface area contributed by atoms with Crippen molar-refractivity contribution in [2.75, 3.05) is 18.1 Å². The fourth-order valence-corrected chi connectivity index (χ4v) is 2.95. The summed E-state index contributed by atoms with van der Waals surface area (Å²) < 4.78 is 0. The third-order valence-corrected chi connectivity index (χ3v) is 3.95. The zero-order chi connectivity index (χ0) is 15.4. The largest absolute Gasteiger partial charge is 0.396 e. The van der Waals surface area contributed by atoms with E-state index in [0.717, 1.165) is 37.9 Å². The van der Waals surface area contributed by atoms with Crippen LogP contribution in [-0.4, -0.2) is 35.0 Å². The third-order valence-electron chi connectivity index (χ3n) is 3.95. The van der Waals surface area contributed by atoms with Gasteiger partial charge in [-0.15, -0.1) is 0 Å². The van der Waals surface area contributed by atoms with Gasteiger partial charge in [0.25, 0.3) is 5.69 Å². The Morgan fingerprint density at radius 2 is 2.29 bits per heavy atom. The molecule has 21 heavy (non-hydrogen) atoms. The summed E-state index contributed by atoms with van der Waals surface area (Å²) in [6, 6.07) is 4.77. The van der Waals surface area contributed by atoms with E-state index in [1.54, 1.807) is 6.07 Å². The lowest BCUT2D eigenvalue weighted by Crippen LogP contribution is -2.30. The van der Waals surface area contributed by atoms with Crippen LogP contribution in [0.4, 0.5) is 11.4 Å². The lowest BCUT2D eigenvalue weighted by molar-refractivity contribution is -0.384. The molecule has 1 saturated heterocycles. The van der Waals surface area contributed by atoms with E-state index >= 15 is 0 Å². The van der Waals surface area contributed by atoms with Crippen molar-refractivity contribution < 1.29 is 14.8 Å². The number of anilines is 1. The average molecular weight is 292 g/mol. The summed E-state index contributed by atoms with van der Waals surface area (Å²) in [6.07, 6.45) is 3.65. The quantitative estimate of drug-likeness (QED) is 0.495. The molecule has 1 heterocycles. The fourth-order valence-electron chi connectivity index (χ4n) is 2.95. The van der Waals surface area contributed by atoms with Gasteiger partial charge >= 0.3 is 0 Å². The summed E-state index contributed by atoms with van der Waals surface area (Å²) in [5.41, 5.74) is 1.11. The number of benzene rings is 1. The van der Waals surface area contributed by atoms with Crippen LogP contribution >= 0.6 is 0 Å². The van der Waals surface area contributed by atoms with Crippen LogP contribution in [-0.2, 0) is 0 Å². The van der Waals surface area contributed by atoms with Crippen LogP contribution in [0.25, 0.3) is 0 Å². The number of nitrogens with zero attached hydrogens (tertiary/aromatic N) is 2. The van der Waals surface area contributed by atoms with Gasteiger partial charge in [0.05, 0.1) is 4.92 Å². The summed E-state index contributed by atoms with van der Waals surface area (Å²) in [5.74, 6) is -0.165. The van der Waals surface area contributed by atoms with Crippen molar-refractivity contribution in [2.24, 2.45) is 0 Å². The highest BCUT2D eigenvalue weighted by Gasteiger charge is 2.27. The lowest BCUT2D eigenvalue weighted by Gasteiger charge is -2.28. The van der Waals surface area contributed by atoms with E-state index in [9.17, 15) is 14.9 Å². The zero-order valence-corrected chi connectivity index (χ0v) is 12.1.